The number of anilines is 1. The van der Waals surface area contributed by atoms with Crippen molar-refractivity contribution >= 4 is 39.7 Å². The summed E-state index contributed by atoms with van der Waals surface area (Å²) in [6.45, 7) is 2.68. The van der Waals surface area contributed by atoms with Gasteiger partial charge in [-0.15, -0.1) is 0 Å². The van der Waals surface area contributed by atoms with Crippen LogP contribution in [-0.4, -0.2) is 51.6 Å². The molecule has 0 radical (unpaired) electrons. The smallest absolute Gasteiger partial charge is 0.274 e. The van der Waals surface area contributed by atoms with Gasteiger partial charge in [0, 0.05) is 43.0 Å². The van der Waals surface area contributed by atoms with Gasteiger partial charge in [-0.25, -0.2) is 4.52 Å². The molecule has 0 saturated carbocycles. The molecule has 8 heteroatoms. The lowest BCUT2D eigenvalue weighted by molar-refractivity contribution is 0.0740. The molecule has 1 aliphatic heterocycles. The first-order chi connectivity index (χ1) is 14.1. The number of piperazine rings is 1. The van der Waals surface area contributed by atoms with E-state index in [4.69, 9.17) is 11.6 Å². The van der Waals surface area contributed by atoms with Crippen molar-refractivity contribution in [2.75, 3.05) is 31.1 Å². The zero-order chi connectivity index (χ0) is 20.0. The molecule has 1 aliphatic rings. The summed E-state index contributed by atoms with van der Waals surface area (Å²) in [5, 5.41) is 5.72. The Kier molecular flexibility index (Phi) is 4.24. The average Bonchev–Trinajstić information content (AvgIpc) is 3.18. The minimum Gasteiger partial charge on any atom is -0.368 e. The highest BCUT2D eigenvalue weighted by molar-refractivity contribution is 6.30. The number of aromatic nitrogens is 3. The largest absolute Gasteiger partial charge is 0.368 e. The molecule has 2 aromatic carbocycles. The van der Waals surface area contributed by atoms with Crippen LogP contribution in [0, 0.1) is 0 Å². The SMILES string of the molecule is O=C(c1cc2[nH]c(=O)c3ccccc3n2n1)N1CCN(c2ccc(Cl)cc2)CC1. The Hall–Kier alpha value is -3.32. The molecule has 1 fully saturated rings. The highest BCUT2D eigenvalue weighted by atomic mass is 35.5. The second-order valence-corrected chi connectivity index (χ2v) is 7.49. The van der Waals surface area contributed by atoms with E-state index in [9.17, 15) is 9.59 Å². The Labute approximate surface area is 171 Å². The van der Waals surface area contributed by atoms with Gasteiger partial charge in [0.25, 0.3) is 11.5 Å². The van der Waals surface area contributed by atoms with Gasteiger partial charge in [0.2, 0.25) is 0 Å². The third kappa shape index (κ3) is 3.13. The van der Waals surface area contributed by atoms with Crippen molar-refractivity contribution in [3.05, 3.63) is 75.7 Å². The highest BCUT2D eigenvalue weighted by Gasteiger charge is 2.24. The van der Waals surface area contributed by atoms with E-state index in [-0.39, 0.29) is 11.5 Å². The summed E-state index contributed by atoms with van der Waals surface area (Å²) < 4.78 is 1.62. The van der Waals surface area contributed by atoms with Crippen LogP contribution in [0.3, 0.4) is 0 Å². The monoisotopic (exact) mass is 407 g/mol. The van der Waals surface area contributed by atoms with Gasteiger partial charge in [0.05, 0.1) is 10.9 Å². The van der Waals surface area contributed by atoms with Crippen LogP contribution >= 0.6 is 11.6 Å². The van der Waals surface area contributed by atoms with Crippen molar-refractivity contribution in [1.29, 1.82) is 0 Å². The minimum atomic E-state index is -0.191. The van der Waals surface area contributed by atoms with Crippen LogP contribution in [0.1, 0.15) is 10.5 Å². The maximum atomic E-state index is 13.0. The number of para-hydroxylation sites is 1. The fourth-order valence-electron chi connectivity index (χ4n) is 3.77. The van der Waals surface area contributed by atoms with E-state index in [1.165, 1.54) is 0 Å². The molecule has 146 valence electrons. The van der Waals surface area contributed by atoms with Crippen LogP contribution in [0.25, 0.3) is 16.6 Å². The van der Waals surface area contributed by atoms with E-state index in [1.807, 2.05) is 36.4 Å². The van der Waals surface area contributed by atoms with Crippen molar-refractivity contribution in [2.45, 2.75) is 0 Å². The summed E-state index contributed by atoms with van der Waals surface area (Å²) in [5.41, 5.74) is 2.42. The maximum absolute atomic E-state index is 13.0. The molecule has 2 aromatic heterocycles. The lowest BCUT2D eigenvalue weighted by Gasteiger charge is -2.35. The molecule has 0 bridgehead atoms. The van der Waals surface area contributed by atoms with Crippen LogP contribution in [0.2, 0.25) is 5.02 Å². The molecule has 1 amide bonds. The number of carbonyl (C=O) groups is 1. The number of nitrogens with one attached hydrogen (secondary N) is 1. The molecule has 4 aromatic rings. The van der Waals surface area contributed by atoms with Gasteiger partial charge >= 0.3 is 0 Å². The summed E-state index contributed by atoms with van der Waals surface area (Å²) in [7, 11) is 0. The number of H-pyrrole nitrogens is 1. The van der Waals surface area contributed by atoms with Crippen LogP contribution in [0.15, 0.2) is 59.4 Å². The average molecular weight is 408 g/mol. The van der Waals surface area contributed by atoms with Crippen LogP contribution in [0.4, 0.5) is 5.69 Å². The molecular weight excluding hydrogens is 390 g/mol. The first-order valence-electron chi connectivity index (χ1n) is 9.41. The quantitative estimate of drug-likeness (QED) is 0.554. The third-order valence-electron chi connectivity index (χ3n) is 5.31. The van der Waals surface area contributed by atoms with Crippen molar-refractivity contribution in [3.63, 3.8) is 0 Å². The first kappa shape index (κ1) is 17.8. The van der Waals surface area contributed by atoms with Crippen molar-refractivity contribution in [3.8, 4) is 0 Å². The van der Waals surface area contributed by atoms with Crippen molar-refractivity contribution in [2.24, 2.45) is 0 Å². The van der Waals surface area contributed by atoms with Gasteiger partial charge < -0.3 is 14.8 Å². The minimum absolute atomic E-state index is 0.130. The second-order valence-electron chi connectivity index (χ2n) is 7.05. The van der Waals surface area contributed by atoms with Gasteiger partial charge in [-0.1, -0.05) is 23.7 Å². The third-order valence-corrected chi connectivity index (χ3v) is 5.56. The predicted octanol–water partition coefficient (Wildman–Crippen LogP) is 2.79. The molecule has 5 rings (SSSR count). The van der Waals surface area contributed by atoms with Gasteiger partial charge in [-0.2, -0.15) is 5.10 Å². The van der Waals surface area contributed by atoms with Gasteiger partial charge in [0.1, 0.15) is 5.65 Å². The van der Waals surface area contributed by atoms with Gasteiger partial charge in [-0.05, 0) is 36.4 Å². The van der Waals surface area contributed by atoms with Crippen LogP contribution in [-0.2, 0) is 0 Å². The molecule has 1 N–H and O–H groups in total. The molecule has 0 unspecified atom stereocenters. The van der Waals surface area contributed by atoms with Gasteiger partial charge in [0.15, 0.2) is 5.69 Å². The Morgan fingerprint density at radius 3 is 2.48 bits per heavy atom. The van der Waals surface area contributed by atoms with Crippen molar-refractivity contribution < 1.29 is 4.79 Å². The van der Waals surface area contributed by atoms with E-state index < -0.39 is 0 Å². The summed E-state index contributed by atoms with van der Waals surface area (Å²) in [6, 6.07) is 16.6. The number of rotatable bonds is 2. The number of hydrogen-bond donors (Lipinski definition) is 1. The number of benzene rings is 2. The summed E-state index contributed by atoms with van der Waals surface area (Å²) in [5.74, 6) is -0.130. The van der Waals surface area contributed by atoms with Crippen LogP contribution < -0.4 is 10.5 Å². The summed E-state index contributed by atoms with van der Waals surface area (Å²) in [4.78, 5) is 32.1. The Morgan fingerprint density at radius 2 is 1.72 bits per heavy atom. The summed E-state index contributed by atoms with van der Waals surface area (Å²) in [6.07, 6.45) is 0. The number of amides is 1. The Bertz CT molecular complexity index is 1270. The number of carbonyl (C=O) groups excluding carboxylic acids is 1. The molecule has 7 nitrogen and oxygen atoms in total. The molecule has 0 atom stereocenters. The fourth-order valence-corrected chi connectivity index (χ4v) is 3.90. The first-order valence-corrected chi connectivity index (χ1v) is 9.78. The Balaban J connectivity index is 1.38. The molecule has 0 spiro atoms. The lowest BCUT2D eigenvalue weighted by Crippen LogP contribution is -2.48. The molecular formula is C21H18ClN5O2. The van der Waals surface area contributed by atoms with E-state index in [0.717, 1.165) is 18.8 Å². The van der Waals surface area contributed by atoms with E-state index >= 15 is 0 Å². The molecule has 1 saturated heterocycles. The normalized spacial score (nSPS) is 14.7. The molecule has 29 heavy (non-hydrogen) atoms. The standard InChI is InChI=1S/C21H18ClN5O2/c22-14-5-7-15(8-6-14)25-9-11-26(12-10-25)21(29)17-13-19-23-20(28)16-3-1-2-4-18(16)27(19)24-17/h1-8,13H,9-12H2,(H,23,28). The topological polar surface area (TPSA) is 73.7 Å². The predicted molar refractivity (Wildman–Crippen MR) is 113 cm³/mol. The fraction of sp³-hybridized carbons (Fsp3) is 0.190. The Morgan fingerprint density at radius 1 is 1.00 bits per heavy atom. The summed E-state index contributed by atoms with van der Waals surface area (Å²) >= 11 is 5.96. The number of aromatic amines is 1. The highest BCUT2D eigenvalue weighted by Crippen LogP contribution is 2.20. The van der Waals surface area contributed by atoms with Crippen LogP contribution in [0.5, 0.6) is 0 Å². The van der Waals surface area contributed by atoms with E-state index in [2.05, 4.69) is 15.0 Å². The molecule has 0 aliphatic carbocycles. The zero-order valence-corrected chi connectivity index (χ0v) is 16.3. The van der Waals surface area contributed by atoms with Gasteiger partial charge in [-0.3, -0.25) is 9.59 Å². The zero-order valence-electron chi connectivity index (χ0n) is 15.5. The number of fused-ring (bicyclic) bond motifs is 3. The second kappa shape index (κ2) is 6.93. The number of halogens is 1. The van der Waals surface area contributed by atoms with Crippen molar-refractivity contribution in [1.82, 2.24) is 19.5 Å². The van der Waals surface area contributed by atoms with E-state index in [1.54, 1.807) is 27.6 Å². The maximum Gasteiger partial charge on any atom is 0.274 e. The number of hydrogen-bond acceptors (Lipinski definition) is 4. The lowest BCUT2D eigenvalue weighted by atomic mass is 10.2. The number of nitrogens with zero attached hydrogens (tertiary/aromatic N) is 4. The molecule has 3 heterocycles. The van der Waals surface area contributed by atoms with E-state index in [0.29, 0.717) is 40.4 Å².